The highest BCUT2D eigenvalue weighted by molar-refractivity contribution is 6.18. The van der Waals surface area contributed by atoms with Gasteiger partial charge in [0.05, 0.1) is 13.7 Å². The maximum atomic E-state index is 11.3. The van der Waals surface area contributed by atoms with E-state index in [0.717, 1.165) is 24.3 Å². The molecule has 0 aliphatic heterocycles. The van der Waals surface area contributed by atoms with Gasteiger partial charge in [0, 0.05) is 31.3 Å². The Morgan fingerprint density at radius 2 is 2.00 bits per heavy atom. The Bertz CT molecular complexity index is 440. The molecule has 1 aromatic carbocycles. The third kappa shape index (κ3) is 6.22. The van der Waals surface area contributed by atoms with Gasteiger partial charge in [-0.1, -0.05) is 12.1 Å². The number of rotatable bonds is 10. The van der Waals surface area contributed by atoms with Crippen LogP contribution in [0, 0.1) is 0 Å². The summed E-state index contributed by atoms with van der Waals surface area (Å²) in [5.74, 6) is 0.158. The van der Waals surface area contributed by atoms with Crippen LogP contribution in [0.1, 0.15) is 12.5 Å². The van der Waals surface area contributed by atoms with Crippen LogP contribution in [0.2, 0.25) is 0 Å². The quantitative estimate of drug-likeness (QED) is 0.403. The summed E-state index contributed by atoms with van der Waals surface area (Å²) in [6.07, 6.45) is 0.460. The number of carbonyl (C=O) groups excluding carboxylic acids is 1. The van der Waals surface area contributed by atoms with E-state index in [0.29, 0.717) is 25.5 Å². The number of anilines is 1. The van der Waals surface area contributed by atoms with Crippen molar-refractivity contribution in [3.05, 3.63) is 29.8 Å². The molecule has 2 N–H and O–H groups in total. The Morgan fingerprint density at radius 1 is 1.32 bits per heavy atom. The number of esters is 1. The normalized spacial score (nSPS) is 12.0. The number of nitrogens with zero attached hydrogens (tertiary/aromatic N) is 1. The second-order valence-corrected chi connectivity index (χ2v) is 5.25. The summed E-state index contributed by atoms with van der Waals surface area (Å²) in [6, 6.07) is 7.34. The molecule has 6 heteroatoms. The Hall–Kier alpha value is -1.30. The minimum absolute atomic E-state index is 0.399. The van der Waals surface area contributed by atoms with Gasteiger partial charge < -0.3 is 20.1 Å². The molecule has 1 aromatic rings. The summed E-state index contributed by atoms with van der Waals surface area (Å²) in [7, 11) is 1.34. The van der Waals surface area contributed by atoms with Crippen molar-refractivity contribution in [2.45, 2.75) is 19.4 Å². The van der Waals surface area contributed by atoms with Crippen molar-refractivity contribution in [3.63, 3.8) is 0 Å². The molecule has 0 unspecified atom stereocenters. The summed E-state index contributed by atoms with van der Waals surface area (Å²) in [4.78, 5) is 13.5. The molecule has 0 aromatic heterocycles. The van der Waals surface area contributed by atoms with Crippen LogP contribution < -0.4 is 10.6 Å². The zero-order valence-electron chi connectivity index (χ0n) is 13.3. The number of alkyl halides is 1. The van der Waals surface area contributed by atoms with Crippen LogP contribution in [0.5, 0.6) is 0 Å². The molecular weight excluding hydrogens is 304 g/mol. The molecule has 0 spiro atoms. The SMILES string of the molecule is CCOCCN(CCCl)c1ccc(C[C@H](N)C(=O)OC)cc1. The van der Waals surface area contributed by atoms with Crippen LogP contribution in [0.3, 0.4) is 0 Å². The highest BCUT2D eigenvalue weighted by atomic mass is 35.5. The molecule has 0 heterocycles. The third-order valence-corrected chi connectivity index (χ3v) is 3.49. The molecule has 0 saturated heterocycles. The molecule has 0 saturated carbocycles. The maximum Gasteiger partial charge on any atom is 0.322 e. The van der Waals surface area contributed by atoms with E-state index in [-0.39, 0.29) is 0 Å². The second-order valence-electron chi connectivity index (χ2n) is 4.87. The Balaban J connectivity index is 2.65. The molecule has 0 aliphatic carbocycles. The topological polar surface area (TPSA) is 64.8 Å². The summed E-state index contributed by atoms with van der Waals surface area (Å²) in [5, 5.41) is 0. The fraction of sp³-hybridized carbons (Fsp3) is 0.562. The van der Waals surface area contributed by atoms with Crippen molar-refractivity contribution in [2.24, 2.45) is 5.73 Å². The first-order valence-corrected chi connectivity index (χ1v) is 7.96. The van der Waals surface area contributed by atoms with Gasteiger partial charge in [-0.15, -0.1) is 11.6 Å². The van der Waals surface area contributed by atoms with Crippen molar-refractivity contribution < 1.29 is 14.3 Å². The average Bonchev–Trinajstić information content (AvgIpc) is 2.54. The molecular formula is C16H25ClN2O3. The molecule has 0 aliphatic rings. The van der Waals surface area contributed by atoms with Gasteiger partial charge in [-0.2, -0.15) is 0 Å². The van der Waals surface area contributed by atoms with Gasteiger partial charge in [0.25, 0.3) is 0 Å². The molecule has 0 radical (unpaired) electrons. The van der Waals surface area contributed by atoms with E-state index in [1.54, 1.807) is 0 Å². The lowest BCUT2D eigenvalue weighted by Crippen LogP contribution is -2.33. The van der Waals surface area contributed by atoms with E-state index >= 15 is 0 Å². The van der Waals surface area contributed by atoms with Gasteiger partial charge in [-0.05, 0) is 31.0 Å². The van der Waals surface area contributed by atoms with Crippen molar-refractivity contribution in [2.75, 3.05) is 44.2 Å². The lowest BCUT2D eigenvalue weighted by Gasteiger charge is -2.24. The number of benzene rings is 1. The van der Waals surface area contributed by atoms with Crippen LogP contribution in [-0.2, 0) is 20.7 Å². The molecule has 1 atom stereocenters. The predicted molar refractivity (Wildman–Crippen MR) is 89.6 cm³/mol. The second kappa shape index (κ2) is 10.4. The molecule has 22 heavy (non-hydrogen) atoms. The van der Waals surface area contributed by atoms with Crippen molar-refractivity contribution in [1.82, 2.24) is 0 Å². The summed E-state index contributed by atoms with van der Waals surface area (Å²) < 4.78 is 10.0. The van der Waals surface area contributed by atoms with Gasteiger partial charge >= 0.3 is 5.97 Å². The number of nitrogens with two attached hydrogens (primary N) is 1. The van der Waals surface area contributed by atoms with Gasteiger partial charge in [0.2, 0.25) is 0 Å². The van der Waals surface area contributed by atoms with Crippen LogP contribution in [0.15, 0.2) is 24.3 Å². The first-order valence-electron chi connectivity index (χ1n) is 7.43. The van der Waals surface area contributed by atoms with Gasteiger partial charge in [-0.3, -0.25) is 4.79 Å². The van der Waals surface area contributed by atoms with Crippen LogP contribution in [-0.4, -0.2) is 51.3 Å². The fourth-order valence-corrected chi connectivity index (χ4v) is 2.33. The Labute approximate surface area is 137 Å². The van der Waals surface area contributed by atoms with Gasteiger partial charge in [-0.25, -0.2) is 0 Å². The number of halogens is 1. The molecule has 5 nitrogen and oxygen atoms in total. The first-order chi connectivity index (χ1) is 10.6. The summed E-state index contributed by atoms with van der Waals surface area (Å²) in [5.41, 5.74) is 7.84. The monoisotopic (exact) mass is 328 g/mol. The number of hydrogen-bond acceptors (Lipinski definition) is 5. The van der Waals surface area contributed by atoms with Crippen LogP contribution >= 0.6 is 11.6 Å². The van der Waals surface area contributed by atoms with E-state index in [1.807, 2.05) is 31.2 Å². The fourth-order valence-electron chi connectivity index (χ4n) is 2.12. The van der Waals surface area contributed by atoms with E-state index in [1.165, 1.54) is 7.11 Å². The van der Waals surface area contributed by atoms with Crippen molar-refractivity contribution in [1.29, 1.82) is 0 Å². The van der Waals surface area contributed by atoms with E-state index in [9.17, 15) is 4.79 Å². The van der Waals surface area contributed by atoms with Gasteiger partial charge in [0.1, 0.15) is 6.04 Å². The first kappa shape index (κ1) is 18.7. The third-order valence-electron chi connectivity index (χ3n) is 3.33. The number of methoxy groups -OCH3 is 1. The number of carbonyl (C=O) groups is 1. The van der Waals surface area contributed by atoms with Crippen LogP contribution in [0.25, 0.3) is 0 Å². The van der Waals surface area contributed by atoms with E-state index in [2.05, 4.69) is 9.64 Å². The van der Waals surface area contributed by atoms with Crippen LogP contribution in [0.4, 0.5) is 5.69 Å². The average molecular weight is 329 g/mol. The standard InChI is InChI=1S/C16H25ClN2O3/c1-3-22-11-10-19(9-8-17)14-6-4-13(5-7-14)12-15(18)16(20)21-2/h4-7,15H,3,8-12,18H2,1-2H3/t15-/m0/s1. The Kier molecular flexibility index (Phi) is 8.89. The number of ether oxygens (including phenoxy) is 2. The van der Waals surface area contributed by atoms with Crippen molar-refractivity contribution in [3.8, 4) is 0 Å². The highest BCUT2D eigenvalue weighted by Crippen LogP contribution is 2.16. The smallest absolute Gasteiger partial charge is 0.322 e. The highest BCUT2D eigenvalue weighted by Gasteiger charge is 2.14. The van der Waals surface area contributed by atoms with Gasteiger partial charge in [0.15, 0.2) is 0 Å². The van der Waals surface area contributed by atoms with Crippen molar-refractivity contribution >= 4 is 23.3 Å². The number of hydrogen-bond donors (Lipinski definition) is 1. The lowest BCUT2D eigenvalue weighted by molar-refractivity contribution is -0.142. The summed E-state index contributed by atoms with van der Waals surface area (Å²) in [6.45, 7) is 4.91. The maximum absolute atomic E-state index is 11.3. The molecule has 0 bridgehead atoms. The van der Waals surface area contributed by atoms with E-state index < -0.39 is 12.0 Å². The Morgan fingerprint density at radius 3 is 2.55 bits per heavy atom. The largest absolute Gasteiger partial charge is 0.468 e. The minimum atomic E-state index is -0.632. The van der Waals surface area contributed by atoms with E-state index in [4.69, 9.17) is 22.1 Å². The molecule has 0 amide bonds. The summed E-state index contributed by atoms with van der Waals surface area (Å²) >= 11 is 5.86. The zero-order chi connectivity index (χ0) is 16.4. The molecule has 0 fully saturated rings. The minimum Gasteiger partial charge on any atom is -0.468 e. The lowest BCUT2D eigenvalue weighted by atomic mass is 10.1. The zero-order valence-corrected chi connectivity index (χ0v) is 14.0. The molecule has 124 valence electrons. The molecule has 1 rings (SSSR count). The predicted octanol–water partition coefficient (Wildman–Crippen LogP) is 1.81.